The van der Waals surface area contributed by atoms with Gasteiger partial charge in [-0.2, -0.15) is 5.26 Å². The molecule has 11 aromatic rings. The maximum Gasteiger partial charge on any atom is 0.235 e. The van der Waals surface area contributed by atoms with Crippen LogP contribution in [0.3, 0.4) is 0 Å². The average molecular weight is 611 g/mol. The fourth-order valence-electron chi connectivity index (χ4n) is 7.98. The fourth-order valence-corrected chi connectivity index (χ4v) is 7.98. The highest BCUT2D eigenvalue weighted by Crippen LogP contribution is 2.47. The summed E-state index contributed by atoms with van der Waals surface area (Å²) < 4.78 is 4.66. The standard InChI is InChI=1S/C42H22N6/c43-23-24-9-7-11-26(21-24)39-40-31(15-8-20-44-40)45-42(46-39)48-34-19-18-25-10-1-2-12-27(25)36(34)38-35(48)22-30-28-13-3-5-16-32(28)47-33-17-6-4-14-29(33)37(38)41(30)47/h1-22H. The van der Waals surface area contributed by atoms with Crippen molar-refractivity contribution in [2.45, 2.75) is 0 Å². The van der Waals surface area contributed by atoms with Gasteiger partial charge in [-0.05, 0) is 59.3 Å². The van der Waals surface area contributed by atoms with Crippen LogP contribution in [0.4, 0.5) is 0 Å². The minimum atomic E-state index is 0.560. The SMILES string of the molecule is N#Cc1cccc(-c2nc(-n3c4ccc5ccccc5c4c4c5c6ccccc6n6c7ccccc7c(cc43)c56)nc3cccnc23)c1. The van der Waals surface area contributed by atoms with Gasteiger partial charge in [0.1, 0.15) is 11.2 Å². The van der Waals surface area contributed by atoms with Crippen LogP contribution in [-0.4, -0.2) is 23.9 Å². The van der Waals surface area contributed by atoms with Crippen LogP contribution in [0.25, 0.3) is 98.9 Å². The molecule has 0 unspecified atom stereocenters. The molecular formula is C42H22N6. The van der Waals surface area contributed by atoms with Crippen molar-refractivity contribution in [2.24, 2.45) is 0 Å². The van der Waals surface area contributed by atoms with Crippen molar-refractivity contribution in [2.75, 3.05) is 0 Å². The molecule has 220 valence electrons. The number of fused-ring (bicyclic) bond motifs is 13. The predicted octanol–water partition coefficient (Wildman–Crippen LogP) is 9.96. The molecule has 0 aliphatic rings. The van der Waals surface area contributed by atoms with E-state index >= 15 is 0 Å². The van der Waals surface area contributed by atoms with E-state index in [-0.39, 0.29) is 0 Å². The number of rotatable bonds is 2. The largest absolute Gasteiger partial charge is 0.308 e. The van der Waals surface area contributed by atoms with Gasteiger partial charge in [-0.25, -0.2) is 9.97 Å². The Kier molecular flexibility index (Phi) is 4.82. The summed E-state index contributed by atoms with van der Waals surface area (Å²) in [6.45, 7) is 0. The van der Waals surface area contributed by atoms with E-state index in [1.54, 1.807) is 6.20 Å². The van der Waals surface area contributed by atoms with Gasteiger partial charge in [0.15, 0.2) is 0 Å². The second-order valence-electron chi connectivity index (χ2n) is 12.4. The lowest BCUT2D eigenvalue weighted by Crippen LogP contribution is -2.04. The van der Waals surface area contributed by atoms with Crippen molar-refractivity contribution in [3.8, 4) is 23.3 Å². The Labute approximate surface area is 272 Å². The Morgan fingerprint density at radius 1 is 0.562 bits per heavy atom. The summed E-state index contributed by atoms with van der Waals surface area (Å²) in [5.41, 5.74) is 9.22. The lowest BCUT2D eigenvalue weighted by molar-refractivity contribution is 1.01. The van der Waals surface area contributed by atoms with Crippen LogP contribution in [0.2, 0.25) is 0 Å². The first kappa shape index (κ1) is 25.4. The van der Waals surface area contributed by atoms with Crippen molar-refractivity contribution in [1.82, 2.24) is 23.9 Å². The van der Waals surface area contributed by atoms with Gasteiger partial charge >= 0.3 is 0 Å². The molecule has 5 heterocycles. The Morgan fingerprint density at radius 3 is 2.23 bits per heavy atom. The summed E-state index contributed by atoms with van der Waals surface area (Å²) in [7, 11) is 0. The third-order valence-electron chi connectivity index (χ3n) is 9.90. The lowest BCUT2D eigenvalue weighted by atomic mass is 9.99. The summed E-state index contributed by atoms with van der Waals surface area (Å²) in [5.74, 6) is 0.560. The maximum absolute atomic E-state index is 9.71. The average Bonchev–Trinajstić information content (AvgIpc) is 3.79. The molecule has 0 atom stereocenters. The van der Waals surface area contributed by atoms with Gasteiger partial charge in [0, 0.05) is 44.1 Å². The Bertz CT molecular complexity index is 3200. The predicted molar refractivity (Wildman–Crippen MR) is 194 cm³/mol. The minimum absolute atomic E-state index is 0.560. The first-order chi connectivity index (χ1) is 23.8. The van der Waals surface area contributed by atoms with Gasteiger partial charge in [-0.15, -0.1) is 0 Å². The molecule has 0 aliphatic heterocycles. The van der Waals surface area contributed by atoms with E-state index < -0.39 is 0 Å². The molecule has 0 fully saturated rings. The number of hydrogen-bond donors (Lipinski definition) is 0. The van der Waals surface area contributed by atoms with E-state index in [1.165, 1.54) is 59.6 Å². The Balaban J connectivity index is 1.40. The number of nitriles is 1. The molecule has 0 saturated heterocycles. The second-order valence-corrected chi connectivity index (χ2v) is 12.4. The second kappa shape index (κ2) is 9.12. The van der Waals surface area contributed by atoms with Crippen LogP contribution in [0.15, 0.2) is 134 Å². The number of para-hydroxylation sites is 2. The molecule has 0 amide bonds. The fraction of sp³-hybridized carbons (Fsp3) is 0. The minimum Gasteiger partial charge on any atom is -0.308 e. The molecule has 0 saturated carbocycles. The molecule has 5 aromatic heterocycles. The van der Waals surface area contributed by atoms with Gasteiger partial charge in [0.05, 0.1) is 44.7 Å². The van der Waals surface area contributed by atoms with Crippen molar-refractivity contribution in [1.29, 1.82) is 5.26 Å². The number of benzene rings is 6. The molecule has 6 heteroatoms. The molecule has 0 spiro atoms. The monoisotopic (exact) mass is 610 g/mol. The highest BCUT2D eigenvalue weighted by molar-refractivity contribution is 6.38. The van der Waals surface area contributed by atoms with E-state index in [9.17, 15) is 5.26 Å². The highest BCUT2D eigenvalue weighted by atomic mass is 15.2. The normalized spacial score (nSPS) is 12.1. The maximum atomic E-state index is 9.71. The lowest BCUT2D eigenvalue weighted by Gasteiger charge is -2.11. The molecule has 6 aromatic carbocycles. The molecule has 11 rings (SSSR count). The van der Waals surface area contributed by atoms with Crippen molar-refractivity contribution in [3.05, 3.63) is 139 Å². The van der Waals surface area contributed by atoms with E-state index in [2.05, 4.69) is 106 Å². The van der Waals surface area contributed by atoms with Crippen molar-refractivity contribution < 1.29 is 0 Å². The molecular weight excluding hydrogens is 589 g/mol. The van der Waals surface area contributed by atoms with E-state index in [4.69, 9.17) is 15.0 Å². The molecule has 48 heavy (non-hydrogen) atoms. The quantitative estimate of drug-likeness (QED) is 0.195. The summed E-state index contributed by atoms with van der Waals surface area (Å²) in [5, 5.41) is 19.3. The topological polar surface area (TPSA) is 71.8 Å². The summed E-state index contributed by atoms with van der Waals surface area (Å²) in [6.07, 6.45) is 1.77. The van der Waals surface area contributed by atoms with Crippen LogP contribution in [0.1, 0.15) is 5.56 Å². The van der Waals surface area contributed by atoms with Crippen LogP contribution < -0.4 is 0 Å². The Hall–Kier alpha value is -6.84. The molecule has 0 bridgehead atoms. The Morgan fingerprint density at radius 2 is 1.35 bits per heavy atom. The van der Waals surface area contributed by atoms with Crippen LogP contribution in [-0.2, 0) is 0 Å². The number of aromatic nitrogens is 5. The summed E-state index contributed by atoms with van der Waals surface area (Å²) in [6, 6.07) is 46.5. The first-order valence-electron chi connectivity index (χ1n) is 15.9. The third-order valence-corrected chi connectivity index (χ3v) is 9.90. The third kappa shape index (κ3) is 3.17. The van der Waals surface area contributed by atoms with Crippen LogP contribution in [0.5, 0.6) is 0 Å². The van der Waals surface area contributed by atoms with Crippen LogP contribution >= 0.6 is 0 Å². The summed E-state index contributed by atoms with van der Waals surface area (Å²) in [4.78, 5) is 15.2. The van der Waals surface area contributed by atoms with Crippen molar-refractivity contribution >= 4 is 81.7 Å². The highest BCUT2D eigenvalue weighted by Gasteiger charge is 2.26. The van der Waals surface area contributed by atoms with Crippen molar-refractivity contribution in [3.63, 3.8) is 0 Å². The number of hydrogen-bond acceptors (Lipinski definition) is 4. The van der Waals surface area contributed by atoms with Crippen LogP contribution in [0, 0.1) is 11.3 Å². The first-order valence-corrected chi connectivity index (χ1v) is 15.9. The zero-order chi connectivity index (χ0) is 31.5. The summed E-state index contributed by atoms with van der Waals surface area (Å²) >= 11 is 0. The van der Waals surface area contributed by atoms with E-state index in [0.29, 0.717) is 22.7 Å². The zero-order valence-electron chi connectivity index (χ0n) is 25.4. The number of nitrogens with zero attached hydrogens (tertiary/aromatic N) is 6. The molecule has 0 aliphatic carbocycles. The molecule has 0 radical (unpaired) electrons. The van der Waals surface area contributed by atoms with E-state index in [1.807, 2.05) is 36.4 Å². The van der Waals surface area contributed by atoms with Gasteiger partial charge in [-0.1, -0.05) is 78.9 Å². The van der Waals surface area contributed by atoms with Gasteiger partial charge in [0.25, 0.3) is 0 Å². The molecule has 0 N–H and O–H groups in total. The smallest absolute Gasteiger partial charge is 0.235 e. The zero-order valence-corrected chi connectivity index (χ0v) is 25.4. The van der Waals surface area contributed by atoms with Gasteiger partial charge in [0.2, 0.25) is 5.95 Å². The van der Waals surface area contributed by atoms with E-state index in [0.717, 1.165) is 22.1 Å². The number of pyridine rings is 1. The molecule has 6 nitrogen and oxygen atoms in total. The van der Waals surface area contributed by atoms with Gasteiger partial charge in [-0.3, -0.25) is 9.55 Å². The van der Waals surface area contributed by atoms with Gasteiger partial charge < -0.3 is 4.40 Å².